The third kappa shape index (κ3) is 4.93. The van der Waals surface area contributed by atoms with Crippen LogP contribution in [0.1, 0.15) is 38.4 Å². The molecule has 1 amide bonds. The maximum absolute atomic E-state index is 12.2. The highest BCUT2D eigenvalue weighted by molar-refractivity contribution is 5.84. The zero-order chi connectivity index (χ0) is 20.4. The second-order valence-electron chi connectivity index (χ2n) is 9.32. The number of amides is 1. The van der Waals surface area contributed by atoms with E-state index in [1.54, 1.807) is 0 Å². The molecular formula is C23H34N4O2. The predicted molar refractivity (Wildman–Crippen MR) is 116 cm³/mol. The van der Waals surface area contributed by atoms with Gasteiger partial charge in [-0.05, 0) is 58.3 Å². The van der Waals surface area contributed by atoms with Gasteiger partial charge in [-0.2, -0.15) is 0 Å². The molecule has 158 valence electrons. The van der Waals surface area contributed by atoms with Crippen LogP contribution in [0.3, 0.4) is 0 Å². The molecule has 1 fully saturated rings. The van der Waals surface area contributed by atoms with Gasteiger partial charge in [-0.3, -0.25) is 9.80 Å². The summed E-state index contributed by atoms with van der Waals surface area (Å²) < 4.78 is 5.48. The predicted octanol–water partition coefficient (Wildman–Crippen LogP) is 3.47. The second kappa shape index (κ2) is 8.36. The highest BCUT2D eigenvalue weighted by atomic mass is 16.6. The molecule has 1 saturated heterocycles. The maximum atomic E-state index is 12.2. The summed E-state index contributed by atoms with van der Waals surface area (Å²) in [6, 6.07) is 8.64. The van der Waals surface area contributed by atoms with Crippen molar-refractivity contribution in [3.8, 4) is 0 Å². The Kier molecular flexibility index (Phi) is 5.83. The van der Waals surface area contributed by atoms with Crippen molar-refractivity contribution in [3.63, 3.8) is 0 Å². The molecule has 0 bridgehead atoms. The molecule has 0 unspecified atom stereocenters. The number of hydrogen-bond donors (Lipinski definition) is 1. The lowest BCUT2D eigenvalue weighted by Crippen LogP contribution is -2.50. The Bertz CT molecular complexity index is 846. The minimum absolute atomic E-state index is 0.181. The molecule has 0 spiro atoms. The normalized spacial score (nSPS) is 18.8. The van der Waals surface area contributed by atoms with Crippen LogP contribution in [-0.4, -0.2) is 77.2 Å². The number of rotatable bonds is 4. The van der Waals surface area contributed by atoms with E-state index >= 15 is 0 Å². The summed E-state index contributed by atoms with van der Waals surface area (Å²) in [5.74, 6) is 0. The van der Waals surface area contributed by atoms with E-state index in [9.17, 15) is 4.79 Å². The van der Waals surface area contributed by atoms with Crippen molar-refractivity contribution in [2.45, 2.75) is 45.8 Å². The molecule has 1 N–H and O–H groups in total. The first-order valence-electron chi connectivity index (χ1n) is 10.9. The molecule has 6 nitrogen and oxygen atoms in total. The molecule has 2 aliphatic rings. The van der Waals surface area contributed by atoms with Gasteiger partial charge in [0.2, 0.25) is 0 Å². The van der Waals surface area contributed by atoms with Crippen LogP contribution in [0, 0.1) is 0 Å². The van der Waals surface area contributed by atoms with Crippen molar-refractivity contribution in [1.29, 1.82) is 0 Å². The van der Waals surface area contributed by atoms with Gasteiger partial charge < -0.3 is 14.6 Å². The third-order valence-electron chi connectivity index (χ3n) is 5.93. The Balaban J connectivity index is 1.19. The second-order valence-corrected chi connectivity index (χ2v) is 9.32. The van der Waals surface area contributed by atoms with Crippen molar-refractivity contribution < 1.29 is 9.53 Å². The van der Waals surface area contributed by atoms with Crippen LogP contribution in [0.15, 0.2) is 24.3 Å². The fourth-order valence-corrected chi connectivity index (χ4v) is 4.44. The number of ether oxygens (including phenoxy) is 1. The average Bonchev–Trinajstić information content (AvgIpc) is 3.05. The number of H-pyrrole nitrogens is 1. The molecule has 3 heterocycles. The molecule has 6 heteroatoms. The van der Waals surface area contributed by atoms with Crippen LogP contribution in [0.5, 0.6) is 0 Å². The molecule has 0 radical (unpaired) electrons. The van der Waals surface area contributed by atoms with Crippen LogP contribution in [0.4, 0.5) is 4.79 Å². The Labute approximate surface area is 173 Å². The summed E-state index contributed by atoms with van der Waals surface area (Å²) in [6.07, 6.45) is 2.12. The molecule has 0 atom stereocenters. The molecule has 29 heavy (non-hydrogen) atoms. The number of carbonyl (C=O) groups is 1. The SMILES string of the molecule is CC(C)(C)OC(=O)N1CCN(CCCN2CCc3c([nH]c4ccccc34)C2)CC1. The van der Waals surface area contributed by atoms with E-state index in [1.807, 2.05) is 25.7 Å². The van der Waals surface area contributed by atoms with Gasteiger partial charge in [0.15, 0.2) is 0 Å². The molecule has 0 saturated carbocycles. The summed E-state index contributed by atoms with van der Waals surface area (Å²) >= 11 is 0. The van der Waals surface area contributed by atoms with Crippen LogP contribution in [0.2, 0.25) is 0 Å². The number of hydrogen-bond acceptors (Lipinski definition) is 4. The van der Waals surface area contributed by atoms with Crippen molar-refractivity contribution >= 4 is 17.0 Å². The van der Waals surface area contributed by atoms with Gasteiger partial charge in [-0.25, -0.2) is 4.79 Å². The van der Waals surface area contributed by atoms with E-state index in [4.69, 9.17) is 4.74 Å². The molecule has 1 aromatic heterocycles. The number of nitrogens with one attached hydrogen (secondary N) is 1. The number of fused-ring (bicyclic) bond motifs is 3. The highest BCUT2D eigenvalue weighted by Crippen LogP contribution is 2.27. The third-order valence-corrected chi connectivity index (χ3v) is 5.93. The number of para-hydroxylation sites is 1. The largest absolute Gasteiger partial charge is 0.444 e. The van der Waals surface area contributed by atoms with Crippen molar-refractivity contribution in [1.82, 2.24) is 19.7 Å². The lowest BCUT2D eigenvalue weighted by atomic mass is 10.0. The van der Waals surface area contributed by atoms with Gasteiger partial charge in [0.05, 0.1) is 0 Å². The zero-order valence-corrected chi connectivity index (χ0v) is 18.0. The summed E-state index contributed by atoms with van der Waals surface area (Å²) in [6.45, 7) is 13.5. The standard InChI is InChI=1S/C23H34N4O2/c1-23(2,3)29-22(28)27-15-13-25(14-16-27)10-6-11-26-12-9-19-18-7-4-5-8-20(18)24-21(19)17-26/h4-5,7-8,24H,6,9-17H2,1-3H3. The summed E-state index contributed by atoms with van der Waals surface area (Å²) in [5.41, 5.74) is 3.74. The smallest absolute Gasteiger partial charge is 0.410 e. The van der Waals surface area contributed by atoms with Gasteiger partial charge in [-0.1, -0.05) is 18.2 Å². The monoisotopic (exact) mass is 398 g/mol. The summed E-state index contributed by atoms with van der Waals surface area (Å²) in [5, 5.41) is 1.39. The van der Waals surface area contributed by atoms with Crippen LogP contribution < -0.4 is 0 Å². The Morgan fingerprint density at radius 2 is 1.76 bits per heavy atom. The number of aromatic nitrogens is 1. The molecule has 2 aromatic rings. The first-order chi connectivity index (χ1) is 13.9. The Hall–Kier alpha value is -2.05. The van der Waals surface area contributed by atoms with Gasteiger partial charge in [0, 0.05) is 55.9 Å². The van der Waals surface area contributed by atoms with Crippen molar-refractivity contribution in [3.05, 3.63) is 35.5 Å². The van der Waals surface area contributed by atoms with Crippen molar-refractivity contribution in [2.24, 2.45) is 0 Å². The minimum Gasteiger partial charge on any atom is -0.444 e. The number of carbonyl (C=O) groups excluding carboxylic acids is 1. The number of benzene rings is 1. The zero-order valence-electron chi connectivity index (χ0n) is 18.0. The van der Waals surface area contributed by atoms with E-state index in [1.165, 1.54) is 28.6 Å². The van der Waals surface area contributed by atoms with E-state index in [2.05, 4.69) is 39.0 Å². The Morgan fingerprint density at radius 3 is 2.52 bits per heavy atom. The quantitative estimate of drug-likeness (QED) is 0.857. The maximum Gasteiger partial charge on any atom is 0.410 e. The topological polar surface area (TPSA) is 51.8 Å². The molecular weight excluding hydrogens is 364 g/mol. The fraction of sp³-hybridized carbons (Fsp3) is 0.609. The van der Waals surface area contributed by atoms with E-state index in [-0.39, 0.29) is 6.09 Å². The highest BCUT2D eigenvalue weighted by Gasteiger charge is 2.26. The van der Waals surface area contributed by atoms with Gasteiger partial charge in [0.1, 0.15) is 5.60 Å². The first kappa shape index (κ1) is 20.2. The summed E-state index contributed by atoms with van der Waals surface area (Å²) in [4.78, 5) is 22.7. The van der Waals surface area contributed by atoms with Crippen molar-refractivity contribution in [2.75, 3.05) is 45.8 Å². The fourth-order valence-electron chi connectivity index (χ4n) is 4.44. The van der Waals surface area contributed by atoms with Gasteiger partial charge >= 0.3 is 6.09 Å². The summed E-state index contributed by atoms with van der Waals surface area (Å²) in [7, 11) is 0. The molecule has 2 aliphatic heterocycles. The molecule has 4 rings (SSSR count). The number of nitrogens with zero attached hydrogens (tertiary/aromatic N) is 3. The minimum atomic E-state index is -0.423. The molecule has 1 aromatic carbocycles. The van der Waals surface area contributed by atoms with Gasteiger partial charge in [-0.15, -0.1) is 0 Å². The first-order valence-corrected chi connectivity index (χ1v) is 10.9. The van der Waals surface area contributed by atoms with Crippen LogP contribution in [0.25, 0.3) is 10.9 Å². The van der Waals surface area contributed by atoms with E-state index < -0.39 is 5.60 Å². The lowest BCUT2D eigenvalue weighted by molar-refractivity contribution is 0.0142. The Morgan fingerprint density at radius 1 is 1.03 bits per heavy atom. The lowest BCUT2D eigenvalue weighted by Gasteiger charge is -2.36. The van der Waals surface area contributed by atoms with E-state index in [0.29, 0.717) is 0 Å². The average molecular weight is 399 g/mol. The van der Waals surface area contributed by atoms with Gasteiger partial charge in [0.25, 0.3) is 0 Å². The van der Waals surface area contributed by atoms with Crippen LogP contribution in [-0.2, 0) is 17.7 Å². The number of piperazine rings is 1. The van der Waals surface area contributed by atoms with E-state index in [0.717, 1.165) is 58.8 Å². The molecule has 0 aliphatic carbocycles. The number of aromatic amines is 1. The van der Waals surface area contributed by atoms with Crippen LogP contribution >= 0.6 is 0 Å².